The van der Waals surface area contributed by atoms with Gasteiger partial charge in [-0.3, -0.25) is 9.59 Å². The van der Waals surface area contributed by atoms with Crippen molar-refractivity contribution in [1.82, 2.24) is 5.32 Å². The second-order valence-electron chi connectivity index (χ2n) is 7.39. The Morgan fingerprint density at radius 3 is 2.59 bits per heavy atom. The van der Waals surface area contributed by atoms with Crippen LogP contribution in [0.25, 0.3) is 0 Å². The number of nitrogens with one attached hydrogen (secondary N) is 2. The molecular weight excluding hydrogens is 356 g/mol. The lowest BCUT2D eigenvalue weighted by atomic mass is 10.00. The Hall–Kier alpha value is -2.27. The topological polar surface area (TPSA) is 58.2 Å². The first-order chi connectivity index (χ1) is 12.9. The van der Waals surface area contributed by atoms with Gasteiger partial charge < -0.3 is 10.6 Å². The quantitative estimate of drug-likeness (QED) is 0.780. The predicted molar refractivity (Wildman–Crippen MR) is 111 cm³/mol. The van der Waals surface area contributed by atoms with E-state index >= 15 is 0 Å². The third kappa shape index (κ3) is 5.13. The fourth-order valence-corrected chi connectivity index (χ4v) is 4.08. The van der Waals surface area contributed by atoms with Crippen LogP contribution >= 0.6 is 11.8 Å². The molecule has 3 rings (SSSR count). The molecule has 2 N–H and O–H groups in total. The van der Waals surface area contributed by atoms with Gasteiger partial charge in [-0.05, 0) is 48.6 Å². The molecule has 4 nitrogen and oxygen atoms in total. The Kier molecular flexibility index (Phi) is 6.22. The van der Waals surface area contributed by atoms with Gasteiger partial charge in [0.25, 0.3) is 5.91 Å². The van der Waals surface area contributed by atoms with Crippen LogP contribution in [-0.4, -0.2) is 17.6 Å². The van der Waals surface area contributed by atoms with E-state index in [0.29, 0.717) is 17.9 Å². The van der Waals surface area contributed by atoms with Crippen LogP contribution in [0, 0.1) is 5.92 Å². The van der Waals surface area contributed by atoms with E-state index < -0.39 is 0 Å². The van der Waals surface area contributed by atoms with Crippen LogP contribution in [0.3, 0.4) is 0 Å². The smallest absolute Gasteiger partial charge is 0.251 e. The molecule has 2 aromatic rings. The zero-order chi connectivity index (χ0) is 19.4. The summed E-state index contributed by atoms with van der Waals surface area (Å²) in [5, 5.41) is 5.93. The molecule has 0 bridgehead atoms. The highest BCUT2D eigenvalue weighted by molar-refractivity contribution is 7.99. The molecule has 0 aliphatic carbocycles. The van der Waals surface area contributed by atoms with Gasteiger partial charge in [0.05, 0.1) is 11.7 Å². The first-order valence-electron chi connectivity index (χ1n) is 9.39. The average molecular weight is 383 g/mol. The van der Waals surface area contributed by atoms with Crippen LogP contribution < -0.4 is 10.6 Å². The van der Waals surface area contributed by atoms with Crippen molar-refractivity contribution in [3.05, 3.63) is 59.2 Å². The number of thioether (sulfide) groups is 1. The number of carbonyl (C=O) groups excluding carboxylic acids is 2. The molecule has 5 heteroatoms. The Morgan fingerprint density at radius 2 is 1.89 bits per heavy atom. The van der Waals surface area contributed by atoms with Gasteiger partial charge in [0.1, 0.15) is 0 Å². The van der Waals surface area contributed by atoms with Gasteiger partial charge in [0.2, 0.25) is 5.91 Å². The van der Waals surface area contributed by atoms with Crippen molar-refractivity contribution in [3.63, 3.8) is 0 Å². The first kappa shape index (κ1) is 19.5. The molecule has 1 aliphatic rings. The van der Waals surface area contributed by atoms with Crippen LogP contribution in [0.1, 0.15) is 54.7 Å². The number of fused-ring (bicyclic) bond motifs is 1. The molecule has 142 valence electrons. The van der Waals surface area contributed by atoms with Crippen molar-refractivity contribution in [2.24, 2.45) is 5.92 Å². The molecule has 27 heavy (non-hydrogen) atoms. The van der Waals surface area contributed by atoms with E-state index in [1.807, 2.05) is 19.1 Å². The van der Waals surface area contributed by atoms with E-state index in [0.717, 1.165) is 28.3 Å². The van der Waals surface area contributed by atoms with Crippen molar-refractivity contribution < 1.29 is 9.59 Å². The molecule has 0 saturated heterocycles. The molecular formula is C22H26N2O2S. The number of benzene rings is 2. The third-order valence-electron chi connectivity index (χ3n) is 4.57. The lowest BCUT2D eigenvalue weighted by Crippen LogP contribution is -2.26. The largest absolute Gasteiger partial charge is 0.346 e. The first-order valence-corrected chi connectivity index (χ1v) is 10.4. The molecule has 2 aromatic carbocycles. The Bertz CT molecular complexity index is 831. The van der Waals surface area contributed by atoms with Gasteiger partial charge in [-0.1, -0.05) is 38.1 Å². The molecule has 0 saturated carbocycles. The Balaban J connectivity index is 1.68. The fraction of sp³-hybridized carbons (Fsp3) is 0.364. The maximum Gasteiger partial charge on any atom is 0.251 e. The van der Waals surface area contributed by atoms with Crippen molar-refractivity contribution in [3.8, 4) is 0 Å². The highest BCUT2D eigenvalue weighted by atomic mass is 32.2. The molecule has 0 spiro atoms. The van der Waals surface area contributed by atoms with Crippen LogP contribution in [0.2, 0.25) is 0 Å². The zero-order valence-corrected chi connectivity index (χ0v) is 16.9. The maximum absolute atomic E-state index is 12.7. The van der Waals surface area contributed by atoms with E-state index in [1.165, 1.54) is 5.56 Å². The highest BCUT2D eigenvalue weighted by Gasteiger charge is 2.17. The van der Waals surface area contributed by atoms with Gasteiger partial charge in [0, 0.05) is 22.6 Å². The van der Waals surface area contributed by atoms with Gasteiger partial charge >= 0.3 is 0 Å². The highest BCUT2D eigenvalue weighted by Crippen LogP contribution is 2.31. The van der Waals surface area contributed by atoms with Crippen LogP contribution in [0.4, 0.5) is 5.69 Å². The monoisotopic (exact) mass is 382 g/mol. The summed E-state index contributed by atoms with van der Waals surface area (Å²) < 4.78 is 0. The number of carbonyl (C=O) groups is 2. The lowest BCUT2D eigenvalue weighted by Gasteiger charge is -2.16. The summed E-state index contributed by atoms with van der Waals surface area (Å²) in [6, 6.07) is 13.8. The summed E-state index contributed by atoms with van der Waals surface area (Å²) in [5.41, 5.74) is 3.67. The summed E-state index contributed by atoms with van der Waals surface area (Å²) in [5.74, 6) is 1.24. The zero-order valence-electron chi connectivity index (χ0n) is 16.0. The summed E-state index contributed by atoms with van der Waals surface area (Å²) in [6.07, 6.45) is 1.55. The van der Waals surface area contributed by atoms with Crippen molar-refractivity contribution in [2.75, 3.05) is 11.1 Å². The summed E-state index contributed by atoms with van der Waals surface area (Å²) in [6.45, 7) is 6.40. The number of rotatable bonds is 5. The normalized spacial score (nSPS) is 14.9. The summed E-state index contributed by atoms with van der Waals surface area (Å²) in [4.78, 5) is 25.4. The van der Waals surface area contributed by atoms with Crippen LogP contribution in [0.15, 0.2) is 47.4 Å². The molecule has 0 aromatic heterocycles. The minimum atomic E-state index is -0.139. The molecule has 1 heterocycles. The number of hydrogen-bond donors (Lipinski definition) is 2. The third-order valence-corrected chi connectivity index (χ3v) is 5.65. The number of amides is 2. The van der Waals surface area contributed by atoms with E-state index in [4.69, 9.17) is 0 Å². The Labute approximate surface area is 165 Å². The number of hydrogen-bond acceptors (Lipinski definition) is 3. The molecule has 1 atom stereocenters. The lowest BCUT2D eigenvalue weighted by molar-refractivity contribution is -0.115. The van der Waals surface area contributed by atoms with Crippen LogP contribution in [0.5, 0.6) is 0 Å². The standard InChI is InChI=1S/C22H26N2O2S/c1-14(2)12-16-4-6-17(7-5-16)15(3)23-22(26)18-8-9-20-19(13-18)24-21(25)10-11-27-20/h4-9,13-15H,10-12H2,1-3H3,(H,23,26)(H,24,25). The Morgan fingerprint density at radius 1 is 1.15 bits per heavy atom. The minimum absolute atomic E-state index is 0.00587. The van der Waals surface area contributed by atoms with Crippen LogP contribution in [-0.2, 0) is 11.2 Å². The fourth-order valence-electron chi connectivity index (χ4n) is 3.14. The van der Waals surface area contributed by atoms with E-state index in [1.54, 1.807) is 17.8 Å². The average Bonchev–Trinajstić information content (AvgIpc) is 2.81. The van der Waals surface area contributed by atoms with E-state index in [9.17, 15) is 9.59 Å². The molecule has 0 fully saturated rings. The van der Waals surface area contributed by atoms with Crippen molar-refractivity contribution in [2.45, 2.75) is 44.6 Å². The summed E-state index contributed by atoms with van der Waals surface area (Å²) >= 11 is 1.63. The van der Waals surface area contributed by atoms with Gasteiger partial charge in [-0.2, -0.15) is 0 Å². The second-order valence-corrected chi connectivity index (χ2v) is 8.53. The summed E-state index contributed by atoms with van der Waals surface area (Å²) in [7, 11) is 0. The van der Waals surface area contributed by atoms with E-state index in [2.05, 4.69) is 48.7 Å². The molecule has 0 radical (unpaired) electrons. The van der Waals surface area contributed by atoms with E-state index in [-0.39, 0.29) is 17.9 Å². The maximum atomic E-state index is 12.7. The second kappa shape index (κ2) is 8.61. The SMILES string of the molecule is CC(C)Cc1ccc(C(C)NC(=O)c2ccc3c(c2)NC(=O)CCS3)cc1. The predicted octanol–water partition coefficient (Wildman–Crippen LogP) is 4.81. The minimum Gasteiger partial charge on any atom is -0.346 e. The molecule has 1 aliphatic heterocycles. The van der Waals surface area contributed by atoms with Crippen molar-refractivity contribution >= 4 is 29.3 Å². The van der Waals surface area contributed by atoms with Gasteiger partial charge in [-0.25, -0.2) is 0 Å². The number of anilines is 1. The van der Waals surface area contributed by atoms with Crippen molar-refractivity contribution in [1.29, 1.82) is 0 Å². The van der Waals surface area contributed by atoms with Gasteiger partial charge in [0.15, 0.2) is 0 Å². The van der Waals surface area contributed by atoms with Gasteiger partial charge in [-0.15, -0.1) is 11.8 Å². The molecule has 2 amide bonds. The molecule has 1 unspecified atom stereocenters.